The Morgan fingerprint density at radius 3 is 2.73 bits per heavy atom. The van der Waals surface area contributed by atoms with E-state index in [2.05, 4.69) is 10.3 Å². The Morgan fingerprint density at radius 2 is 2.20 bits per heavy atom. The summed E-state index contributed by atoms with van der Waals surface area (Å²) < 4.78 is 0. The molecule has 80 valence electrons. The Kier molecular flexibility index (Phi) is 3.79. The molecule has 1 aromatic rings. The highest BCUT2D eigenvalue weighted by Crippen LogP contribution is 1.99. The number of aryl methyl sites for hydroxylation is 1. The van der Waals surface area contributed by atoms with Crippen LogP contribution in [-0.2, 0) is 16.0 Å². The number of nitrogens with one attached hydrogen (secondary N) is 1. The van der Waals surface area contributed by atoms with Gasteiger partial charge in [-0.1, -0.05) is 6.07 Å². The molecule has 2 N–H and O–H groups in total. The second-order valence-electron chi connectivity index (χ2n) is 3.16. The molecule has 0 saturated heterocycles. The van der Waals surface area contributed by atoms with Crippen LogP contribution in [0.25, 0.3) is 0 Å². The summed E-state index contributed by atoms with van der Waals surface area (Å²) in [5.74, 6) is -1.37. The molecule has 0 saturated carbocycles. The van der Waals surface area contributed by atoms with E-state index in [9.17, 15) is 9.59 Å². The highest BCUT2D eigenvalue weighted by molar-refractivity contribution is 5.82. The monoisotopic (exact) mass is 208 g/mol. The summed E-state index contributed by atoms with van der Waals surface area (Å²) in [5.41, 5.74) is 1.65. The lowest BCUT2D eigenvalue weighted by atomic mass is 10.2. The standard InChI is InChI=1S/C10H12N2O3/c1-7-2-3-8(5-11-7)4-9(13)12-6-10(14)15/h2-3,5H,4,6H2,1H3,(H,12,13)(H,14,15). The molecule has 0 aliphatic carbocycles. The summed E-state index contributed by atoms with van der Waals surface area (Å²) in [7, 11) is 0. The van der Waals surface area contributed by atoms with Crippen LogP contribution >= 0.6 is 0 Å². The molecule has 5 heteroatoms. The Morgan fingerprint density at radius 1 is 1.47 bits per heavy atom. The van der Waals surface area contributed by atoms with Gasteiger partial charge in [0.25, 0.3) is 0 Å². The van der Waals surface area contributed by atoms with Crippen LogP contribution in [-0.4, -0.2) is 28.5 Å². The topological polar surface area (TPSA) is 79.3 Å². The predicted octanol–water partition coefficient (Wildman–Crippen LogP) is 0.133. The summed E-state index contributed by atoms with van der Waals surface area (Å²) in [5, 5.41) is 10.6. The van der Waals surface area contributed by atoms with Crippen molar-refractivity contribution in [3.8, 4) is 0 Å². The minimum atomic E-state index is -1.05. The molecule has 1 heterocycles. The van der Waals surface area contributed by atoms with Crippen LogP contribution < -0.4 is 5.32 Å². The first-order chi connectivity index (χ1) is 7.08. The van der Waals surface area contributed by atoms with E-state index in [0.29, 0.717) is 0 Å². The van der Waals surface area contributed by atoms with E-state index < -0.39 is 5.97 Å². The van der Waals surface area contributed by atoms with E-state index >= 15 is 0 Å². The number of hydrogen-bond donors (Lipinski definition) is 2. The number of carboxylic acid groups (broad SMARTS) is 1. The molecule has 1 aromatic heterocycles. The molecular weight excluding hydrogens is 196 g/mol. The molecule has 0 spiro atoms. The van der Waals surface area contributed by atoms with E-state index in [1.807, 2.05) is 6.92 Å². The molecular formula is C10H12N2O3. The van der Waals surface area contributed by atoms with Crippen LogP contribution in [0.15, 0.2) is 18.3 Å². The molecule has 0 fully saturated rings. The van der Waals surface area contributed by atoms with E-state index in [4.69, 9.17) is 5.11 Å². The maximum absolute atomic E-state index is 11.2. The van der Waals surface area contributed by atoms with Crippen LogP contribution in [0.2, 0.25) is 0 Å². The van der Waals surface area contributed by atoms with Gasteiger partial charge in [0, 0.05) is 11.9 Å². The fourth-order valence-corrected chi connectivity index (χ4v) is 1.03. The Labute approximate surface area is 87.1 Å². The van der Waals surface area contributed by atoms with Gasteiger partial charge >= 0.3 is 5.97 Å². The normalized spacial score (nSPS) is 9.67. The average molecular weight is 208 g/mol. The largest absolute Gasteiger partial charge is 0.480 e. The van der Waals surface area contributed by atoms with Gasteiger partial charge in [-0.05, 0) is 18.6 Å². The first-order valence-corrected chi connectivity index (χ1v) is 4.48. The van der Waals surface area contributed by atoms with Gasteiger partial charge in [-0.25, -0.2) is 0 Å². The number of carbonyl (C=O) groups is 2. The van der Waals surface area contributed by atoms with Crippen LogP contribution in [0, 0.1) is 6.92 Å². The van der Waals surface area contributed by atoms with Crippen molar-refractivity contribution in [2.24, 2.45) is 0 Å². The van der Waals surface area contributed by atoms with Gasteiger partial charge in [0.15, 0.2) is 0 Å². The summed E-state index contributed by atoms with van der Waals surface area (Å²) in [6, 6.07) is 3.60. The van der Waals surface area contributed by atoms with Gasteiger partial charge in [0.1, 0.15) is 6.54 Å². The number of aliphatic carboxylic acids is 1. The van der Waals surface area contributed by atoms with Crippen LogP contribution in [0.4, 0.5) is 0 Å². The molecule has 0 radical (unpaired) electrons. The molecule has 1 rings (SSSR count). The molecule has 5 nitrogen and oxygen atoms in total. The van der Waals surface area contributed by atoms with Gasteiger partial charge in [0.05, 0.1) is 6.42 Å². The third-order valence-electron chi connectivity index (χ3n) is 1.77. The van der Waals surface area contributed by atoms with E-state index in [1.54, 1.807) is 18.3 Å². The SMILES string of the molecule is Cc1ccc(CC(=O)NCC(=O)O)cn1. The number of amides is 1. The molecule has 0 unspecified atom stereocenters. The van der Waals surface area contributed by atoms with Crippen molar-refractivity contribution >= 4 is 11.9 Å². The van der Waals surface area contributed by atoms with Gasteiger partial charge in [0.2, 0.25) is 5.91 Å². The van der Waals surface area contributed by atoms with Crippen molar-refractivity contribution in [3.05, 3.63) is 29.6 Å². The van der Waals surface area contributed by atoms with Crippen LogP contribution in [0.1, 0.15) is 11.3 Å². The molecule has 15 heavy (non-hydrogen) atoms. The number of rotatable bonds is 4. The van der Waals surface area contributed by atoms with Gasteiger partial charge in [-0.3, -0.25) is 14.6 Å². The Balaban J connectivity index is 2.44. The highest BCUT2D eigenvalue weighted by atomic mass is 16.4. The lowest BCUT2D eigenvalue weighted by molar-refractivity contribution is -0.137. The van der Waals surface area contributed by atoms with Crippen LogP contribution in [0.3, 0.4) is 0 Å². The Hall–Kier alpha value is -1.91. The fraction of sp³-hybridized carbons (Fsp3) is 0.300. The number of carbonyl (C=O) groups excluding carboxylic acids is 1. The van der Waals surface area contributed by atoms with E-state index in [1.165, 1.54) is 0 Å². The molecule has 0 aromatic carbocycles. The van der Waals surface area contributed by atoms with Crippen molar-refractivity contribution in [2.45, 2.75) is 13.3 Å². The first kappa shape index (κ1) is 11.2. The first-order valence-electron chi connectivity index (χ1n) is 4.48. The van der Waals surface area contributed by atoms with Crippen molar-refractivity contribution in [3.63, 3.8) is 0 Å². The predicted molar refractivity (Wildman–Crippen MR) is 53.3 cm³/mol. The van der Waals surface area contributed by atoms with E-state index in [0.717, 1.165) is 11.3 Å². The zero-order valence-corrected chi connectivity index (χ0v) is 8.36. The molecule has 0 aliphatic heterocycles. The highest BCUT2D eigenvalue weighted by Gasteiger charge is 2.04. The molecule has 0 atom stereocenters. The second kappa shape index (κ2) is 5.09. The van der Waals surface area contributed by atoms with Gasteiger partial charge < -0.3 is 10.4 Å². The number of aromatic nitrogens is 1. The van der Waals surface area contributed by atoms with Crippen molar-refractivity contribution in [2.75, 3.05) is 6.54 Å². The second-order valence-corrected chi connectivity index (χ2v) is 3.16. The van der Waals surface area contributed by atoms with Gasteiger partial charge in [-0.2, -0.15) is 0 Å². The van der Waals surface area contributed by atoms with Crippen molar-refractivity contribution in [1.29, 1.82) is 0 Å². The summed E-state index contributed by atoms with van der Waals surface area (Å²) in [6.07, 6.45) is 1.76. The minimum Gasteiger partial charge on any atom is -0.480 e. The molecule has 0 bridgehead atoms. The average Bonchev–Trinajstić information content (AvgIpc) is 2.19. The van der Waals surface area contributed by atoms with E-state index in [-0.39, 0.29) is 18.9 Å². The number of hydrogen-bond acceptors (Lipinski definition) is 3. The smallest absolute Gasteiger partial charge is 0.322 e. The quantitative estimate of drug-likeness (QED) is 0.737. The summed E-state index contributed by atoms with van der Waals surface area (Å²) >= 11 is 0. The van der Waals surface area contributed by atoms with Crippen molar-refractivity contribution in [1.82, 2.24) is 10.3 Å². The number of carboxylic acids is 1. The van der Waals surface area contributed by atoms with Gasteiger partial charge in [-0.15, -0.1) is 0 Å². The number of pyridine rings is 1. The summed E-state index contributed by atoms with van der Waals surface area (Å²) in [6.45, 7) is 1.51. The zero-order chi connectivity index (χ0) is 11.3. The summed E-state index contributed by atoms with van der Waals surface area (Å²) in [4.78, 5) is 25.4. The van der Waals surface area contributed by atoms with Crippen molar-refractivity contribution < 1.29 is 14.7 Å². The Bertz CT molecular complexity index is 359. The lowest BCUT2D eigenvalue weighted by Crippen LogP contribution is -2.30. The third-order valence-corrected chi connectivity index (χ3v) is 1.77. The number of nitrogens with zero attached hydrogens (tertiary/aromatic N) is 1. The maximum atomic E-state index is 11.2. The molecule has 1 amide bonds. The zero-order valence-electron chi connectivity index (χ0n) is 8.36. The minimum absolute atomic E-state index is 0.153. The third kappa shape index (κ3) is 4.21. The van der Waals surface area contributed by atoms with Crippen LogP contribution in [0.5, 0.6) is 0 Å². The lowest BCUT2D eigenvalue weighted by Gasteiger charge is -2.02. The maximum Gasteiger partial charge on any atom is 0.322 e. The fourth-order valence-electron chi connectivity index (χ4n) is 1.03. The molecule has 0 aliphatic rings.